The van der Waals surface area contributed by atoms with Gasteiger partial charge in [0.15, 0.2) is 11.9 Å². The molecule has 1 amide bonds. The molecular weight excluding hydrogens is 430 g/mol. The van der Waals surface area contributed by atoms with E-state index in [1.165, 1.54) is 4.90 Å². The number of anilines is 1. The molecule has 0 fully saturated rings. The Balaban J connectivity index is 1.74. The zero-order valence-corrected chi connectivity index (χ0v) is 16.3. The molecule has 144 valence electrons. The van der Waals surface area contributed by atoms with Gasteiger partial charge in [0.25, 0.3) is 5.91 Å². The Labute approximate surface area is 172 Å². The zero-order chi connectivity index (χ0) is 20.0. The van der Waals surface area contributed by atoms with Crippen molar-refractivity contribution in [2.75, 3.05) is 4.90 Å². The summed E-state index contributed by atoms with van der Waals surface area (Å²) in [6, 6.07) is 7.88. The van der Waals surface area contributed by atoms with Crippen molar-refractivity contribution in [3.05, 3.63) is 51.2 Å². The summed E-state index contributed by atoms with van der Waals surface area (Å²) in [6.45, 7) is 0.0159. The first kappa shape index (κ1) is 18.9. The number of amides is 1. The van der Waals surface area contributed by atoms with Gasteiger partial charge >= 0.3 is 5.97 Å². The van der Waals surface area contributed by atoms with Gasteiger partial charge in [-0.15, -0.1) is 11.3 Å². The van der Waals surface area contributed by atoms with Crippen molar-refractivity contribution < 1.29 is 23.8 Å². The molecule has 1 aliphatic rings. The first-order chi connectivity index (χ1) is 13.3. The number of halogens is 3. The Hall–Kier alpha value is -2.42. The highest BCUT2D eigenvalue weighted by Crippen LogP contribution is 2.39. The third-order valence-corrected chi connectivity index (χ3v) is 6.14. The van der Waals surface area contributed by atoms with Crippen molar-refractivity contribution in [1.82, 2.24) is 4.98 Å². The second-order valence-corrected chi connectivity index (χ2v) is 7.90. The lowest BCUT2D eigenvalue weighted by molar-refractivity contribution is -0.142. The zero-order valence-electron chi connectivity index (χ0n) is 14.0. The molecule has 0 spiro atoms. The highest BCUT2D eigenvalue weighted by molar-refractivity contribution is 7.19. The van der Waals surface area contributed by atoms with Crippen molar-refractivity contribution >= 4 is 62.3 Å². The number of carbonyl (C=O) groups excluding carboxylic acids is 1. The number of fused-ring (bicyclic) bond motifs is 2. The van der Waals surface area contributed by atoms with Crippen LogP contribution in [0.3, 0.4) is 0 Å². The number of ether oxygens (including phenoxy) is 1. The quantitative estimate of drug-likeness (QED) is 0.603. The van der Waals surface area contributed by atoms with E-state index in [0.717, 1.165) is 17.4 Å². The molecule has 0 saturated heterocycles. The average molecular weight is 441 g/mol. The van der Waals surface area contributed by atoms with Crippen LogP contribution < -0.4 is 9.64 Å². The molecule has 28 heavy (non-hydrogen) atoms. The predicted octanol–water partition coefficient (Wildman–Crippen LogP) is 4.51. The van der Waals surface area contributed by atoms with Crippen molar-refractivity contribution in [3.63, 3.8) is 0 Å². The Kier molecular flexibility index (Phi) is 4.86. The van der Waals surface area contributed by atoms with E-state index in [-0.39, 0.29) is 22.1 Å². The second kappa shape index (κ2) is 7.20. The van der Waals surface area contributed by atoms with Crippen molar-refractivity contribution in [3.8, 4) is 5.75 Å². The SMILES string of the molecule is O=C(O)CC1Oc2ccccc2N(Cc2nc3c(F)cc(Cl)c(Cl)c3s2)C1=O. The van der Waals surface area contributed by atoms with Gasteiger partial charge in [0.2, 0.25) is 0 Å². The van der Waals surface area contributed by atoms with Crippen LogP contribution in [0.25, 0.3) is 10.2 Å². The monoisotopic (exact) mass is 440 g/mol. The van der Waals surface area contributed by atoms with E-state index in [1.807, 2.05) is 0 Å². The van der Waals surface area contributed by atoms with Crippen LogP contribution in [-0.4, -0.2) is 28.1 Å². The van der Waals surface area contributed by atoms with E-state index >= 15 is 0 Å². The number of carboxylic acids is 1. The molecule has 4 rings (SSSR count). The van der Waals surface area contributed by atoms with E-state index < -0.39 is 30.2 Å². The van der Waals surface area contributed by atoms with Crippen molar-refractivity contribution in [2.24, 2.45) is 0 Å². The minimum Gasteiger partial charge on any atom is -0.481 e. The first-order valence-corrected chi connectivity index (χ1v) is 9.64. The maximum absolute atomic E-state index is 14.2. The van der Waals surface area contributed by atoms with Crippen LogP contribution in [0.15, 0.2) is 30.3 Å². The van der Waals surface area contributed by atoms with E-state index in [2.05, 4.69) is 4.98 Å². The van der Waals surface area contributed by atoms with E-state index in [0.29, 0.717) is 21.1 Å². The fourth-order valence-electron chi connectivity index (χ4n) is 2.96. The molecule has 0 radical (unpaired) electrons. The summed E-state index contributed by atoms with van der Waals surface area (Å²) < 4.78 is 20.1. The van der Waals surface area contributed by atoms with Crippen LogP contribution in [0, 0.1) is 5.82 Å². The average Bonchev–Trinajstić information content (AvgIpc) is 3.07. The van der Waals surface area contributed by atoms with Crippen molar-refractivity contribution in [2.45, 2.75) is 19.1 Å². The fraction of sp³-hybridized carbons (Fsp3) is 0.167. The number of carboxylic acid groups (broad SMARTS) is 1. The van der Waals surface area contributed by atoms with Gasteiger partial charge in [0.05, 0.1) is 33.4 Å². The smallest absolute Gasteiger partial charge is 0.307 e. The van der Waals surface area contributed by atoms with Gasteiger partial charge in [-0.2, -0.15) is 0 Å². The van der Waals surface area contributed by atoms with Crippen LogP contribution in [0.1, 0.15) is 11.4 Å². The molecule has 1 N–H and O–H groups in total. The number of hydrogen-bond acceptors (Lipinski definition) is 5. The molecule has 6 nitrogen and oxygen atoms in total. The summed E-state index contributed by atoms with van der Waals surface area (Å²) in [7, 11) is 0. The summed E-state index contributed by atoms with van der Waals surface area (Å²) in [4.78, 5) is 29.5. The Morgan fingerprint density at radius 2 is 2.11 bits per heavy atom. The lowest BCUT2D eigenvalue weighted by Crippen LogP contribution is -2.46. The lowest BCUT2D eigenvalue weighted by atomic mass is 10.1. The molecule has 1 aliphatic heterocycles. The van der Waals surface area contributed by atoms with Gasteiger partial charge in [-0.3, -0.25) is 14.5 Å². The third kappa shape index (κ3) is 3.28. The van der Waals surface area contributed by atoms with Crippen LogP contribution in [0.5, 0.6) is 5.75 Å². The molecule has 2 aromatic carbocycles. The van der Waals surface area contributed by atoms with E-state index in [4.69, 9.17) is 33.0 Å². The number of thiazole rings is 1. The number of para-hydroxylation sites is 2. The second-order valence-electron chi connectivity index (χ2n) is 6.04. The van der Waals surface area contributed by atoms with Crippen LogP contribution >= 0.6 is 34.5 Å². The number of nitrogens with zero attached hydrogens (tertiary/aromatic N) is 2. The summed E-state index contributed by atoms with van der Waals surface area (Å²) in [5, 5.41) is 9.76. The van der Waals surface area contributed by atoms with Gasteiger partial charge in [0.1, 0.15) is 16.3 Å². The van der Waals surface area contributed by atoms with E-state index in [1.54, 1.807) is 24.3 Å². The normalized spacial score (nSPS) is 16.2. The molecule has 0 bridgehead atoms. The molecule has 2 heterocycles. The maximum atomic E-state index is 14.2. The molecule has 1 aromatic heterocycles. The molecule has 0 aliphatic carbocycles. The number of carbonyl (C=O) groups is 2. The maximum Gasteiger partial charge on any atom is 0.307 e. The molecule has 1 atom stereocenters. The Bertz CT molecular complexity index is 1120. The highest BCUT2D eigenvalue weighted by Gasteiger charge is 2.36. The number of aliphatic carboxylic acids is 1. The highest BCUT2D eigenvalue weighted by atomic mass is 35.5. The van der Waals surface area contributed by atoms with Crippen LogP contribution in [0.4, 0.5) is 10.1 Å². The predicted molar refractivity (Wildman–Crippen MR) is 104 cm³/mol. The third-order valence-electron chi connectivity index (χ3n) is 4.18. The number of aromatic nitrogens is 1. The standard InChI is InChI=1S/C18H11Cl2FN2O4S/c19-8-5-9(21)16-17(15(8)20)28-13(22-16)7-23-10-3-1-2-4-11(10)27-12(18(23)26)6-14(24)25/h1-5,12H,6-7H2,(H,24,25). The largest absolute Gasteiger partial charge is 0.481 e. The number of hydrogen-bond donors (Lipinski definition) is 1. The molecule has 10 heteroatoms. The summed E-state index contributed by atoms with van der Waals surface area (Å²) >= 11 is 13.2. The number of benzene rings is 2. The minimum atomic E-state index is -1.16. The summed E-state index contributed by atoms with van der Waals surface area (Å²) in [6.07, 6.45) is -1.63. The van der Waals surface area contributed by atoms with E-state index in [9.17, 15) is 14.0 Å². The summed E-state index contributed by atoms with van der Waals surface area (Å²) in [5.41, 5.74) is 0.559. The first-order valence-electron chi connectivity index (χ1n) is 8.07. The molecular formula is C18H11Cl2FN2O4S. The number of rotatable bonds is 4. The fourth-order valence-corrected chi connectivity index (χ4v) is 4.47. The van der Waals surface area contributed by atoms with Gasteiger partial charge in [0, 0.05) is 0 Å². The van der Waals surface area contributed by atoms with Gasteiger partial charge in [-0.05, 0) is 18.2 Å². The topological polar surface area (TPSA) is 79.7 Å². The Morgan fingerprint density at radius 1 is 1.36 bits per heavy atom. The minimum absolute atomic E-state index is 0.0159. The summed E-state index contributed by atoms with van der Waals surface area (Å²) in [5.74, 6) is -1.88. The molecule has 0 saturated carbocycles. The lowest BCUT2D eigenvalue weighted by Gasteiger charge is -2.33. The van der Waals surface area contributed by atoms with Gasteiger partial charge in [-0.25, -0.2) is 9.37 Å². The Morgan fingerprint density at radius 3 is 2.86 bits per heavy atom. The van der Waals surface area contributed by atoms with Crippen LogP contribution in [0.2, 0.25) is 10.0 Å². The van der Waals surface area contributed by atoms with Crippen molar-refractivity contribution in [1.29, 1.82) is 0 Å². The molecule has 1 unspecified atom stereocenters. The van der Waals surface area contributed by atoms with Gasteiger partial charge < -0.3 is 9.84 Å². The van der Waals surface area contributed by atoms with Gasteiger partial charge in [-0.1, -0.05) is 35.3 Å². The molecule has 3 aromatic rings. The van der Waals surface area contributed by atoms with Crippen LogP contribution in [-0.2, 0) is 16.1 Å².